The van der Waals surface area contributed by atoms with E-state index >= 15 is 0 Å². The third-order valence-corrected chi connectivity index (χ3v) is 2.71. The van der Waals surface area contributed by atoms with E-state index in [1.165, 1.54) is 18.2 Å². The van der Waals surface area contributed by atoms with Gasteiger partial charge in [0.05, 0.1) is 0 Å². The van der Waals surface area contributed by atoms with Crippen LogP contribution in [0.15, 0.2) is 18.0 Å². The Morgan fingerprint density at radius 3 is 2.94 bits per heavy atom. The number of ether oxygens (including phenoxy) is 1. The SMILES string of the molecule is CC(=O)OC1C=C(C)C(=O)N1c1ncns1. The Bertz CT molecular complexity index is 455. The van der Waals surface area contributed by atoms with Gasteiger partial charge in [-0.1, -0.05) is 0 Å². The zero-order chi connectivity index (χ0) is 11.7. The van der Waals surface area contributed by atoms with E-state index in [0.29, 0.717) is 10.7 Å². The summed E-state index contributed by atoms with van der Waals surface area (Å²) in [6, 6.07) is 0. The first-order chi connectivity index (χ1) is 7.59. The molecule has 84 valence electrons. The van der Waals surface area contributed by atoms with E-state index < -0.39 is 12.2 Å². The molecular weight excluding hydrogens is 230 g/mol. The highest BCUT2D eigenvalue weighted by Crippen LogP contribution is 2.26. The van der Waals surface area contributed by atoms with Crippen molar-refractivity contribution in [3.8, 4) is 0 Å². The van der Waals surface area contributed by atoms with Crippen molar-refractivity contribution in [2.75, 3.05) is 4.90 Å². The number of anilines is 1. The predicted octanol–water partition coefficient (Wildman–Crippen LogP) is 0.720. The van der Waals surface area contributed by atoms with Crippen LogP contribution in [-0.4, -0.2) is 27.5 Å². The maximum atomic E-state index is 11.8. The Hall–Kier alpha value is -1.76. The van der Waals surface area contributed by atoms with E-state index in [4.69, 9.17) is 4.74 Å². The van der Waals surface area contributed by atoms with Crippen LogP contribution in [0.5, 0.6) is 0 Å². The van der Waals surface area contributed by atoms with Crippen LogP contribution in [0.3, 0.4) is 0 Å². The molecule has 0 saturated carbocycles. The van der Waals surface area contributed by atoms with Crippen LogP contribution in [-0.2, 0) is 14.3 Å². The fraction of sp³-hybridized carbons (Fsp3) is 0.333. The molecule has 2 heterocycles. The third-order valence-electron chi connectivity index (χ3n) is 2.05. The lowest BCUT2D eigenvalue weighted by Gasteiger charge is -2.20. The Morgan fingerprint density at radius 1 is 1.62 bits per heavy atom. The third kappa shape index (κ3) is 1.81. The largest absolute Gasteiger partial charge is 0.437 e. The Kier molecular flexibility index (Phi) is 2.69. The van der Waals surface area contributed by atoms with E-state index in [2.05, 4.69) is 9.36 Å². The highest BCUT2D eigenvalue weighted by Gasteiger charge is 2.35. The van der Waals surface area contributed by atoms with Crippen molar-refractivity contribution in [1.29, 1.82) is 0 Å². The maximum absolute atomic E-state index is 11.8. The summed E-state index contributed by atoms with van der Waals surface area (Å²) in [6.07, 6.45) is 2.23. The molecule has 1 atom stereocenters. The molecule has 0 radical (unpaired) electrons. The summed E-state index contributed by atoms with van der Waals surface area (Å²) in [5, 5.41) is 0.421. The van der Waals surface area contributed by atoms with Gasteiger partial charge in [-0.15, -0.1) is 0 Å². The number of carbonyl (C=O) groups is 2. The van der Waals surface area contributed by atoms with E-state index in [-0.39, 0.29) is 5.91 Å². The van der Waals surface area contributed by atoms with Crippen LogP contribution in [0.4, 0.5) is 5.13 Å². The fourth-order valence-corrected chi connectivity index (χ4v) is 1.95. The average Bonchev–Trinajstić information content (AvgIpc) is 2.76. The van der Waals surface area contributed by atoms with Crippen LogP contribution in [0.25, 0.3) is 0 Å². The average molecular weight is 239 g/mol. The topological polar surface area (TPSA) is 72.4 Å². The Morgan fingerprint density at radius 2 is 2.38 bits per heavy atom. The molecule has 1 aliphatic rings. The molecule has 6 nitrogen and oxygen atoms in total. The predicted molar refractivity (Wildman–Crippen MR) is 56.7 cm³/mol. The number of esters is 1. The van der Waals surface area contributed by atoms with Gasteiger partial charge in [0.25, 0.3) is 5.91 Å². The van der Waals surface area contributed by atoms with Gasteiger partial charge in [-0.05, 0) is 13.0 Å². The molecule has 0 aromatic carbocycles. The molecule has 7 heteroatoms. The van der Waals surface area contributed by atoms with E-state index in [1.54, 1.807) is 13.0 Å². The maximum Gasteiger partial charge on any atom is 0.304 e. The Balaban J connectivity index is 2.28. The van der Waals surface area contributed by atoms with Gasteiger partial charge in [-0.2, -0.15) is 4.37 Å². The first-order valence-corrected chi connectivity index (χ1v) is 5.33. The molecule has 0 fully saturated rings. The molecule has 0 saturated heterocycles. The monoisotopic (exact) mass is 239 g/mol. The zero-order valence-corrected chi connectivity index (χ0v) is 9.52. The van der Waals surface area contributed by atoms with Crippen LogP contribution in [0.2, 0.25) is 0 Å². The van der Waals surface area contributed by atoms with Gasteiger partial charge in [0, 0.05) is 24.0 Å². The molecule has 0 aliphatic carbocycles. The highest BCUT2D eigenvalue weighted by atomic mass is 32.1. The quantitative estimate of drug-likeness (QED) is 0.711. The standard InChI is InChI=1S/C9H9N3O3S/c1-5-3-7(15-6(2)13)12(8(5)14)9-10-4-11-16-9/h3-4,7H,1-2H3. The number of hydrogen-bond donors (Lipinski definition) is 0. The van der Waals surface area contributed by atoms with Crippen LogP contribution >= 0.6 is 11.5 Å². The molecule has 1 aromatic rings. The highest BCUT2D eigenvalue weighted by molar-refractivity contribution is 7.09. The van der Waals surface area contributed by atoms with Crippen molar-refractivity contribution in [1.82, 2.24) is 9.36 Å². The molecule has 0 bridgehead atoms. The number of carbonyl (C=O) groups excluding carboxylic acids is 2. The first-order valence-electron chi connectivity index (χ1n) is 4.55. The normalized spacial score (nSPS) is 19.9. The van der Waals surface area contributed by atoms with Gasteiger partial charge in [0.15, 0.2) is 0 Å². The van der Waals surface area contributed by atoms with Gasteiger partial charge in [-0.25, -0.2) is 9.88 Å². The molecule has 0 N–H and O–H groups in total. The van der Waals surface area contributed by atoms with Crippen molar-refractivity contribution in [2.24, 2.45) is 0 Å². The summed E-state index contributed by atoms with van der Waals surface area (Å²) in [4.78, 5) is 27.9. The minimum atomic E-state index is -0.710. The summed E-state index contributed by atoms with van der Waals surface area (Å²) < 4.78 is 8.83. The summed E-state index contributed by atoms with van der Waals surface area (Å²) in [5.41, 5.74) is 0.529. The van der Waals surface area contributed by atoms with Gasteiger partial charge >= 0.3 is 5.97 Å². The van der Waals surface area contributed by atoms with Gasteiger partial charge < -0.3 is 4.74 Å². The smallest absolute Gasteiger partial charge is 0.304 e. The van der Waals surface area contributed by atoms with Crippen molar-refractivity contribution in [3.63, 3.8) is 0 Å². The lowest BCUT2D eigenvalue weighted by Crippen LogP contribution is -2.37. The fourth-order valence-electron chi connectivity index (χ4n) is 1.39. The van der Waals surface area contributed by atoms with Crippen molar-refractivity contribution in [3.05, 3.63) is 18.0 Å². The first kappa shape index (κ1) is 10.7. The van der Waals surface area contributed by atoms with Gasteiger partial charge in [0.1, 0.15) is 6.33 Å². The molecule has 1 amide bonds. The number of nitrogens with zero attached hydrogens (tertiary/aromatic N) is 3. The molecule has 1 aromatic heterocycles. The summed E-state index contributed by atoms with van der Waals surface area (Å²) >= 11 is 1.08. The second-order valence-corrected chi connectivity index (χ2v) is 4.01. The van der Waals surface area contributed by atoms with Gasteiger partial charge in [-0.3, -0.25) is 9.59 Å². The molecule has 16 heavy (non-hydrogen) atoms. The second kappa shape index (κ2) is 4.01. The lowest BCUT2D eigenvalue weighted by molar-refractivity contribution is -0.144. The molecule has 1 unspecified atom stereocenters. The minimum absolute atomic E-state index is 0.219. The molecular formula is C9H9N3O3S. The minimum Gasteiger partial charge on any atom is -0.437 e. The lowest BCUT2D eigenvalue weighted by atomic mass is 10.3. The van der Waals surface area contributed by atoms with E-state index in [1.807, 2.05) is 0 Å². The zero-order valence-electron chi connectivity index (χ0n) is 8.71. The van der Waals surface area contributed by atoms with Crippen molar-refractivity contribution in [2.45, 2.75) is 20.1 Å². The van der Waals surface area contributed by atoms with E-state index in [0.717, 1.165) is 11.5 Å². The molecule has 2 rings (SSSR count). The number of rotatable bonds is 2. The van der Waals surface area contributed by atoms with E-state index in [9.17, 15) is 9.59 Å². The number of hydrogen-bond acceptors (Lipinski definition) is 6. The summed E-state index contributed by atoms with van der Waals surface area (Å²) in [5.74, 6) is -0.665. The van der Waals surface area contributed by atoms with Gasteiger partial charge in [0.2, 0.25) is 11.4 Å². The van der Waals surface area contributed by atoms with Crippen LogP contribution in [0, 0.1) is 0 Å². The van der Waals surface area contributed by atoms with Crippen molar-refractivity contribution >= 4 is 28.5 Å². The summed E-state index contributed by atoms with van der Waals surface area (Å²) in [7, 11) is 0. The number of aromatic nitrogens is 2. The van der Waals surface area contributed by atoms with Crippen LogP contribution in [0.1, 0.15) is 13.8 Å². The molecule has 0 spiro atoms. The number of amides is 1. The van der Waals surface area contributed by atoms with Crippen molar-refractivity contribution < 1.29 is 14.3 Å². The second-order valence-electron chi connectivity index (χ2n) is 3.25. The van der Waals surface area contributed by atoms with Crippen LogP contribution < -0.4 is 4.90 Å². The summed E-state index contributed by atoms with van der Waals surface area (Å²) in [6.45, 7) is 2.96. The molecule has 1 aliphatic heterocycles. The Labute approximate surface area is 95.7 Å².